The molecule has 0 heterocycles. The molecule has 0 rings (SSSR count). The number of rotatable bonds is 24. The van der Waals surface area contributed by atoms with Crippen molar-refractivity contribution in [2.75, 3.05) is 39.3 Å². The number of carbonyl (C=O) groups excluding carboxylic acids is 2. The quantitative estimate of drug-likeness (QED) is 0.0787. The summed E-state index contributed by atoms with van der Waals surface area (Å²) in [6, 6.07) is -0.814. The average Bonchev–Trinajstić information content (AvgIpc) is 2.90. The first kappa shape index (κ1) is 40.4. The Kier molecular flexibility index (Phi) is 26.5. The number of urea groups is 1. The molecule has 0 spiro atoms. The molecule has 236 valence electrons. The molecule has 0 fully saturated rings. The van der Waals surface area contributed by atoms with Crippen molar-refractivity contribution in [3.05, 3.63) is 0 Å². The highest BCUT2D eigenvalue weighted by atomic mass is 79.9. The topological polar surface area (TPSA) is 153 Å². The molecule has 5 N–H and O–H groups in total. The van der Waals surface area contributed by atoms with Crippen LogP contribution in [0.4, 0.5) is 4.79 Å². The van der Waals surface area contributed by atoms with Crippen molar-refractivity contribution in [3.63, 3.8) is 0 Å². The number of aliphatic carboxylic acids is 2. The van der Waals surface area contributed by atoms with E-state index in [1.807, 2.05) is 35.9 Å². The first-order valence-electron chi connectivity index (χ1n) is 15.1. The molecule has 0 aromatic rings. The highest BCUT2D eigenvalue weighted by Gasteiger charge is 2.32. The molecule has 0 bridgehead atoms. The van der Waals surface area contributed by atoms with Gasteiger partial charge in [-0.1, -0.05) is 114 Å². The molecule has 0 aliphatic carbocycles. The van der Waals surface area contributed by atoms with E-state index in [0.29, 0.717) is 32.5 Å². The van der Waals surface area contributed by atoms with Gasteiger partial charge < -0.3 is 15.9 Å². The zero-order valence-electron chi connectivity index (χ0n) is 25.5. The molecule has 11 heteroatoms. The lowest BCUT2D eigenvalue weighted by atomic mass is 10.0. The highest BCUT2D eigenvalue weighted by Crippen LogP contribution is 2.26. The third-order valence-electron chi connectivity index (χ3n) is 6.99. The second-order valence-electron chi connectivity index (χ2n) is 10.3. The number of halogens is 1. The predicted molar refractivity (Wildman–Crippen MR) is 165 cm³/mol. The Hall–Kier alpha value is -1.72. The fourth-order valence-corrected chi connectivity index (χ4v) is 4.35. The maximum Gasteiger partial charge on any atom is 0.318 e. The number of amides is 3. The number of nitrogens with one attached hydrogen (secondary N) is 1. The Bertz CT molecular complexity index is 691. The minimum absolute atomic E-state index is 0.00994. The van der Waals surface area contributed by atoms with E-state index >= 15 is 0 Å². The number of nitrogens with zero attached hydrogens (tertiary/aromatic N) is 2. The number of hydrogen-bond donors (Lipinski definition) is 4. The SMILES string of the molecule is CCC(Br)(CC)C(=O)NC(N)=O.CCCCCCCCCCCCCCN(CCN(CC)CC(=O)O)CC(=O)O. The minimum atomic E-state index is -0.840. The number of likely N-dealkylation sites (N-methyl/N-ethyl adjacent to an activating group) is 1. The predicted octanol–water partition coefficient (Wildman–Crippen LogP) is 5.62. The van der Waals surface area contributed by atoms with Gasteiger partial charge in [-0.15, -0.1) is 0 Å². The van der Waals surface area contributed by atoms with Gasteiger partial charge in [-0.25, -0.2) is 4.79 Å². The Balaban J connectivity index is 0. The van der Waals surface area contributed by atoms with Crippen LogP contribution >= 0.6 is 15.9 Å². The van der Waals surface area contributed by atoms with Gasteiger partial charge in [0.15, 0.2) is 0 Å². The van der Waals surface area contributed by atoms with Crippen LogP contribution < -0.4 is 11.1 Å². The van der Waals surface area contributed by atoms with Crippen molar-refractivity contribution >= 4 is 39.8 Å². The maximum atomic E-state index is 11.3. The fraction of sp³-hybridized carbons (Fsp3) is 0.862. The second-order valence-corrected chi connectivity index (χ2v) is 11.8. The highest BCUT2D eigenvalue weighted by molar-refractivity contribution is 9.10. The molecule has 0 unspecified atom stereocenters. The number of carboxylic acid groups (broad SMARTS) is 2. The van der Waals surface area contributed by atoms with Gasteiger partial charge in [-0.05, 0) is 32.4 Å². The normalized spacial score (nSPS) is 11.3. The summed E-state index contributed by atoms with van der Waals surface area (Å²) in [5, 5.41) is 20.0. The number of hydrogen-bond acceptors (Lipinski definition) is 6. The van der Waals surface area contributed by atoms with Crippen LogP contribution in [-0.2, 0) is 14.4 Å². The lowest BCUT2D eigenvalue weighted by Gasteiger charge is -2.24. The van der Waals surface area contributed by atoms with Gasteiger partial charge in [0.05, 0.1) is 13.1 Å². The molecule has 3 amide bonds. The smallest absolute Gasteiger partial charge is 0.318 e. The molecular weight excluding hydrogens is 580 g/mol. The monoisotopic (exact) mass is 636 g/mol. The summed E-state index contributed by atoms with van der Waals surface area (Å²) in [6.07, 6.45) is 16.7. The van der Waals surface area contributed by atoms with E-state index in [1.54, 1.807) is 0 Å². The molecular formula is C29H57BrN4O6. The van der Waals surface area contributed by atoms with Crippen LogP contribution in [0.1, 0.15) is 118 Å². The molecule has 0 saturated carbocycles. The largest absolute Gasteiger partial charge is 0.480 e. The Labute approximate surface area is 250 Å². The van der Waals surface area contributed by atoms with Gasteiger partial charge >= 0.3 is 18.0 Å². The van der Waals surface area contributed by atoms with Crippen LogP contribution in [0.2, 0.25) is 0 Å². The molecule has 0 aromatic heterocycles. The summed E-state index contributed by atoms with van der Waals surface area (Å²) >= 11 is 3.26. The van der Waals surface area contributed by atoms with Crippen LogP contribution in [0.25, 0.3) is 0 Å². The zero-order chi connectivity index (χ0) is 30.8. The van der Waals surface area contributed by atoms with Crippen molar-refractivity contribution in [1.82, 2.24) is 15.1 Å². The molecule has 0 aliphatic heterocycles. The second kappa shape index (κ2) is 26.2. The number of carboxylic acids is 2. The van der Waals surface area contributed by atoms with Gasteiger partial charge in [-0.2, -0.15) is 0 Å². The van der Waals surface area contributed by atoms with Gasteiger partial charge in [0.2, 0.25) is 5.91 Å². The van der Waals surface area contributed by atoms with Crippen LogP contribution in [-0.4, -0.2) is 87.5 Å². The molecule has 0 aliphatic rings. The molecule has 10 nitrogen and oxygen atoms in total. The summed E-state index contributed by atoms with van der Waals surface area (Å²) in [5.41, 5.74) is 4.81. The number of nitrogens with two attached hydrogens (primary N) is 1. The summed E-state index contributed by atoms with van der Waals surface area (Å²) in [7, 11) is 0. The third-order valence-corrected chi connectivity index (χ3v) is 8.47. The Morgan fingerprint density at radius 1 is 0.675 bits per heavy atom. The lowest BCUT2D eigenvalue weighted by molar-refractivity contribution is -0.140. The summed E-state index contributed by atoms with van der Waals surface area (Å²) in [4.78, 5) is 47.3. The van der Waals surface area contributed by atoms with Crippen molar-refractivity contribution in [1.29, 1.82) is 0 Å². The first-order chi connectivity index (χ1) is 18.9. The van der Waals surface area contributed by atoms with E-state index in [9.17, 15) is 19.2 Å². The number of imide groups is 1. The summed E-state index contributed by atoms with van der Waals surface area (Å²) in [5.74, 6) is -2.03. The molecule has 0 aromatic carbocycles. The summed E-state index contributed by atoms with van der Waals surface area (Å²) < 4.78 is -0.665. The molecule has 0 atom stereocenters. The van der Waals surface area contributed by atoms with E-state index < -0.39 is 22.3 Å². The van der Waals surface area contributed by atoms with E-state index in [2.05, 4.69) is 22.9 Å². The standard InChI is InChI=1S/C22H44N2O4.C7H13BrN2O2/c1-3-5-6-7-8-9-10-11-12-13-14-15-16-24(20-22(27)28)18-17-23(4-2)19-21(25)26;1-3-7(8,4-2)5(11)10-6(9)12/h3-20H2,1-2H3,(H,25,26)(H,27,28);3-4H2,1-2H3,(H3,9,10,11,12). The van der Waals surface area contributed by atoms with Crippen molar-refractivity contribution < 1.29 is 29.4 Å². The van der Waals surface area contributed by atoms with Gasteiger partial charge in [0, 0.05) is 13.1 Å². The van der Waals surface area contributed by atoms with E-state index in [0.717, 1.165) is 19.4 Å². The zero-order valence-corrected chi connectivity index (χ0v) is 27.1. The van der Waals surface area contributed by atoms with Crippen LogP contribution in [0, 0.1) is 0 Å². The summed E-state index contributed by atoms with van der Waals surface area (Å²) in [6.45, 7) is 10.6. The number of unbranched alkanes of at least 4 members (excludes halogenated alkanes) is 11. The Morgan fingerprint density at radius 3 is 1.45 bits per heavy atom. The number of primary amides is 1. The van der Waals surface area contributed by atoms with E-state index in [1.165, 1.54) is 64.2 Å². The lowest BCUT2D eigenvalue weighted by Crippen LogP contribution is -2.46. The van der Waals surface area contributed by atoms with Crippen molar-refractivity contribution in [2.24, 2.45) is 5.73 Å². The molecule has 0 radical (unpaired) electrons. The molecule has 40 heavy (non-hydrogen) atoms. The van der Waals surface area contributed by atoms with Crippen LogP contribution in [0.15, 0.2) is 0 Å². The third kappa shape index (κ3) is 24.1. The van der Waals surface area contributed by atoms with E-state index in [-0.39, 0.29) is 19.0 Å². The average molecular weight is 638 g/mol. The van der Waals surface area contributed by atoms with Gasteiger partial charge in [0.25, 0.3) is 0 Å². The van der Waals surface area contributed by atoms with Crippen LogP contribution in [0.3, 0.4) is 0 Å². The number of carbonyl (C=O) groups is 4. The maximum absolute atomic E-state index is 11.3. The van der Waals surface area contributed by atoms with Crippen molar-refractivity contribution in [2.45, 2.75) is 122 Å². The van der Waals surface area contributed by atoms with Gasteiger partial charge in [0.1, 0.15) is 4.32 Å². The molecule has 0 saturated heterocycles. The minimum Gasteiger partial charge on any atom is -0.480 e. The van der Waals surface area contributed by atoms with E-state index in [4.69, 9.17) is 15.9 Å². The Morgan fingerprint density at radius 2 is 1.07 bits per heavy atom. The van der Waals surface area contributed by atoms with Gasteiger partial charge in [-0.3, -0.25) is 29.5 Å². The van der Waals surface area contributed by atoms with Crippen molar-refractivity contribution in [3.8, 4) is 0 Å². The van der Waals surface area contributed by atoms with Crippen LogP contribution in [0.5, 0.6) is 0 Å². The fourth-order valence-electron chi connectivity index (χ4n) is 4.26. The first-order valence-corrected chi connectivity index (χ1v) is 15.9. The number of alkyl halides is 1.